The Bertz CT molecular complexity index is 1260. The number of ether oxygens (including phenoxy) is 1. The van der Waals surface area contributed by atoms with Gasteiger partial charge in [-0.25, -0.2) is 9.78 Å². The van der Waals surface area contributed by atoms with E-state index in [9.17, 15) is 9.59 Å². The number of carbonyl (C=O) groups excluding carboxylic acids is 2. The summed E-state index contributed by atoms with van der Waals surface area (Å²) in [4.78, 5) is 31.4. The number of aromatic amines is 1. The highest BCUT2D eigenvalue weighted by molar-refractivity contribution is 5.92. The van der Waals surface area contributed by atoms with Crippen LogP contribution >= 0.6 is 0 Å². The number of pyridine rings is 1. The van der Waals surface area contributed by atoms with Gasteiger partial charge in [0.15, 0.2) is 5.69 Å². The molecule has 0 saturated carbocycles. The number of piperidine rings is 1. The van der Waals surface area contributed by atoms with Crippen molar-refractivity contribution < 1.29 is 14.3 Å². The standard InChI is InChI=1S/C23H22N6O3/c1-32-22(31)16-7-10-29-15-19(25-20(29)13-16)23(17-5-3-2-4-6-17)8-11-28(12-9-23)21(30)18-14-24-27-26-18/h2-7,10,13-15H,8-9,11-12H2,1H3,(H,24,26,27). The number of hydrogen-bond donors (Lipinski definition) is 1. The molecule has 4 aromatic rings. The number of H-pyrrole nitrogens is 1. The lowest BCUT2D eigenvalue weighted by atomic mass is 9.70. The molecule has 32 heavy (non-hydrogen) atoms. The maximum absolute atomic E-state index is 12.8. The number of methoxy groups -OCH3 is 1. The zero-order chi connectivity index (χ0) is 22.1. The molecule has 0 atom stereocenters. The molecule has 1 N–H and O–H groups in total. The molecule has 0 unspecified atom stereocenters. The first-order valence-corrected chi connectivity index (χ1v) is 10.4. The quantitative estimate of drug-likeness (QED) is 0.499. The number of nitrogens with one attached hydrogen (secondary N) is 1. The third-order valence-corrected chi connectivity index (χ3v) is 6.24. The van der Waals surface area contributed by atoms with E-state index in [-0.39, 0.29) is 11.3 Å². The van der Waals surface area contributed by atoms with Gasteiger partial charge in [0.25, 0.3) is 5.91 Å². The predicted molar refractivity (Wildman–Crippen MR) is 115 cm³/mol. The number of nitrogens with zero attached hydrogens (tertiary/aromatic N) is 5. The Morgan fingerprint density at radius 2 is 1.91 bits per heavy atom. The molecule has 1 aromatic carbocycles. The summed E-state index contributed by atoms with van der Waals surface area (Å²) in [7, 11) is 1.36. The molecule has 9 nitrogen and oxygen atoms in total. The minimum Gasteiger partial charge on any atom is -0.465 e. The van der Waals surface area contributed by atoms with Crippen molar-refractivity contribution >= 4 is 17.5 Å². The molecule has 5 rings (SSSR count). The first kappa shape index (κ1) is 19.9. The summed E-state index contributed by atoms with van der Waals surface area (Å²) >= 11 is 0. The number of hydrogen-bond acceptors (Lipinski definition) is 6. The van der Waals surface area contributed by atoms with Crippen LogP contribution in [0, 0.1) is 0 Å². The minimum atomic E-state index is -0.394. The third-order valence-electron chi connectivity index (χ3n) is 6.24. The zero-order valence-electron chi connectivity index (χ0n) is 17.6. The van der Waals surface area contributed by atoms with Gasteiger partial charge in [-0.15, -0.1) is 0 Å². The second-order valence-electron chi connectivity index (χ2n) is 7.89. The fraction of sp³-hybridized carbons (Fsp3) is 0.261. The number of aromatic nitrogens is 5. The van der Waals surface area contributed by atoms with E-state index in [0.717, 1.165) is 11.3 Å². The van der Waals surface area contributed by atoms with E-state index in [1.54, 1.807) is 12.1 Å². The van der Waals surface area contributed by atoms with Crippen molar-refractivity contribution in [1.29, 1.82) is 0 Å². The summed E-state index contributed by atoms with van der Waals surface area (Å²) in [5.74, 6) is -0.521. The SMILES string of the molecule is COC(=O)c1ccn2cc(C3(c4ccccc4)CCN(C(=O)c4cn[nH]n4)CC3)nc2c1. The summed E-state index contributed by atoms with van der Waals surface area (Å²) < 4.78 is 6.75. The van der Waals surface area contributed by atoms with Crippen molar-refractivity contribution in [2.24, 2.45) is 0 Å². The summed E-state index contributed by atoms with van der Waals surface area (Å²) in [5, 5.41) is 10.2. The van der Waals surface area contributed by atoms with Gasteiger partial charge in [0.05, 0.1) is 24.6 Å². The summed E-state index contributed by atoms with van der Waals surface area (Å²) in [6.45, 7) is 1.14. The van der Waals surface area contributed by atoms with Crippen LogP contribution in [0.2, 0.25) is 0 Å². The third kappa shape index (κ3) is 3.31. The molecule has 0 bridgehead atoms. The topological polar surface area (TPSA) is 105 Å². The molecule has 0 aliphatic carbocycles. The summed E-state index contributed by atoms with van der Waals surface area (Å²) in [6.07, 6.45) is 6.71. The first-order chi connectivity index (χ1) is 15.6. The molecule has 1 fully saturated rings. The zero-order valence-corrected chi connectivity index (χ0v) is 17.6. The molecular formula is C23H22N6O3. The number of fused-ring (bicyclic) bond motifs is 1. The maximum atomic E-state index is 12.8. The van der Waals surface area contributed by atoms with Crippen molar-refractivity contribution in [1.82, 2.24) is 29.7 Å². The van der Waals surface area contributed by atoms with Gasteiger partial charge < -0.3 is 14.0 Å². The fourth-order valence-electron chi connectivity index (χ4n) is 4.47. The predicted octanol–water partition coefficient (Wildman–Crippen LogP) is 2.46. The Kier molecular flexibility index (Phi) is 4.93. The van der Waals surface area contributed by atoms with E-state index in [1.165, 1.54) is 13.3 Å². The number of amides is 1. The van der Waals surface area contributed by atoms with Gasteiger partial charge in [0, 0.05) is 30.9 Å². The van der Waals surface area contributed by atoms with Crippen molar-refractivity contribution in [3.8, 4) is 0 Å². The van der Waals surface area contributed by atoms with Crippen LogP contribution in [0.4, 0.5) is 0 Å². The lowest BCUT2D eigenvalue weighted by molar-refractivity contribution is 0.0600. The number of imidazole rings is 1. The molecular weight excluding hydrogens is 408 g/mol. The molecule has 4 heterocycles. The number of rotatable bonds is 4. The van der Waals surface area contributed by atoms with E-state index < -0.39 is 5.97 Å². The van der Waals surface area contributed by atoms with Crippen molar-refractivity contribution in [2.45, 2.75) is 18.3 Å². The second-order valence-corrected chi connectivity index (χ2v) is 7.89. The largest absolute Gasteiger partial charge is 0.465 e. The molecule has 162 valence electrons. The van der Waals surface area contributed by atoms with E-state index >= 15 is 0 Å². The first-order valence-electron chi connectivity index (χ1n) is 10.4. The van der Waals surface area contributed by atoms with Gasteiger partial charge >= 0.3 is 5.97 Å². The van der Waals surface area contributed by atoms with E-state index in [4.69, 9.17) is 9.72 Å². The van der Waals surface area contributed by atoms with Crippen molar-refractivity contribution in [3.63, 3.8) is 0 Å². The second kappa shape index (κ2) is 7.92. The average Bonchev–Trinajstić information content (AvgIpc) is 3.53. The van der Waals surface area contributed by atoms with Crippen LogP contribution in [0.15, 0.2) is 61.1 Å². The van der Waals surface area contributed by atoms with Gasteiger partial charge in [-0.2, -0.15) is 15.4 Å². The fourth-order valence-corrected chi connectivity index (χ4v) is 4.47. The molecule has 3 aromatic heterocycles. The molecule has 9 heteroatoms. The Morgan fingerprint density at radius 1 is 1.12 bits per heavy atom. The van der Waals surface area contributed by atoms with Crippen LogP contribution in [-0.4, -0.2) is 61.8 Å². The summed E-state index contributed by atoms with van der Waals surface area (Å²) in [5.41, 5.74) is 3.18. The highest BCUT2D eigenvalue weighted by atomic mass is 16.5. The number of esters is 1. The van der Waals surface area contributed by atoms with Gasteiger partial charge in [-0.05, 0) is 30.5 Å². The maximum Gasteiger partial charge on any atom is 0.338 e. The molecule has 0 radical (unpaired) electrons. The van der Waals surface area contributed by atoms with Gasteiger partial charge in [-0.3, -0.25) is 4.79 Å². The minimum absolute atomic E-state index is 0.127. The monoisotopic (exact) mass is 430 g/mol. The Balaban J connectivity index is 1.51. The van der Waals surface area contributed by atoms with Crippen LogP contribution < -0.4 is 0 Å². The van der Waals surface area contributed by atoms with Crippen LogP contribution in [-0.2, 0) is 10.2 Å². The van der Waals surface area contributed by atoms with Crippen LogP contribution in [0.25, 0.3) is 5.65 Å². The Labute approximate surface area is 184 Å². The van der Waals surface area contributed by atoms with Crippen molar-refractivity contribution in [2.75, 3.05) is 20.2 Å². The highest BCUT2D eigenvalue weighted by Gasteiger charge is 2.41. The Morgan fingerprint density at radius 3 is 2.59 bits per heavy atom. The highest BCUT2D eigenvalue weighted by Crippen LogP contribution is 2.41. The normalized spacial score (nSPS) is 15.6. The van der Waals surface area contributed by atoms with Crippen LogP contribution in [0.5, 0.6) is 0 Å². The summed E-state index contributed by atoms with van der Waals surface area (Å²) in [6, 6.07) is 13.7. The van der Waals surface area contributed by atoms with E-state index in [1.807, 2.05) is 39.9 Å². The molecule has 1 aliphatic rings. The molecule has 0 spiro atoms. The smallest absolute Gasteiger partial charge is 0.338 e. The Hall–Kier alpha value is -4.01. The molecule has 1 aliphatic heterocycles. The lowest BCUT2D eigenvalue weighted by Crippen LogP contribution is -2.46. The number of benzene rings is 1. The number of likely N-dealkylation sites (tertiary alicyclic amines) is 1. The lowest BCUT2D eigenvalue weighted by Gasteiger charge is -2.41. The van der Waals surface area contributed by atoms with Gasteiger partial charge in [-0.1, -0.05) is 30.3 Å². The van der Waals surface area contributed by atoms with Gasteiger partial charge in [0.2, 0.25) is 0 Å². The molecule has 1 amide bonds. The van der Waals surface area contributed by atoms with Gasteiger partial charge in [0.1, 0.15) is 5.65 Å². The van der Waals surface area contributed by atoms with Crippen LogP contribution in [0.1, 0.15) is 44.9 Å². The number of carbonyl (C=O) groups is 2. The van der Waals surface area contributed by atoms with E-state index in [2.05, 4.69) is 27.5 Å². The van der Waals surface area contributed by atoms with Crippen molar-refractivity contribution in [3.05, 3.63) is 83.6 Å². The average molecular weight is 430 g/mol. The molecule has 1 saturated heterocycles. The van der Waals surface area contributed by atoms with E-state index in [0.29, 0.717) is 42.8 Å². The van der Waals surface area contributed by atoms with Crippen LogP contribution in [0.3, 0.4) is 0 Å².